The minimum Gasteiger partial charge on any atom is -0.348 e. The SMILES string of the molecule is CCn1ncc(CNC(=O)c2cc(-c3ccc(C)c(C)c3)nc3ccc(C)cc23)c1C. The molecule has 2 aromatic carbocycles. The maximum Gasteiger partial charge on any atom is 0.252 e. The molecule has 1 amide bonds. The highest BCUT2D eigenvalue weighted by molar-refractivity contribution is 6.07. The second-order valence-electron chi connectivity index (χ2n) is 8.13. The van der Waals surface area contributed by atoms with E-state index in [4.69, 9.17) is 4.98 Å². The Bertz CT molecular complexity index is 1290. The quantitative estimate of drug-likeness (QED) is 0.485. The molecule has 0 spiro atoms. The molecule has 0 aliphatic carbocycles. The summed E-state index contributed by atoms with van der Waals surface area (Å²) < 4.78 is 1.94. The van der Waals surface area contributed by atoms with Crippen molar-refractivity contribution in [3.63, 3.8) is 0 Å². The maximum absolute atomic E-state index is 13.3. The zero-order valence-corrected chi connectivity index (χ0v) is 18.8. The molecule has 5 nitrogen and oxygen atoms in total. The number of rotatable bonds is 5. The predicted octanol–water partition coefficient (Wildman–Crippen LogP) is 5.28. The number of nitrogens with zero attached hydrogens (tertiary/aromatic N) is 3. The minimum atomic E-state index is -0.105. The number of nitrogens with one attached hydrogen (secondary N) is 1. The molecule has 0 saturated heterocycles. The Balaban J connectivity index is 1.73. The predicted molar refractivity (Wildman–Crippen MR) is 125 cm³/mol. The van der Waals surface area contributed by atoms with Gasteiger partial charge in [-0.25, -0.2) is 4.98 Å². The van der Waals surface area contributed by atoms with E-state index in [1.165, 1.54) is 11.1 Å². The first kappa shape index (κ1) is 20.8. The Morgan fingerprint density at radius 2 is 1.81 bits per heavy atom. The summed E-state index contributed by atoms with van der Waals surface area (Å²) in [7, 11) is 0. The zero-order valence-electron chi connectivity index (χ0n) is 18.8. The largest absolute Gasteiger partial charge is 0.348 e. The van der Waals surface area contributed by atoms with Crippen molar-refractivity contribution in [2.75, 3.05) is 0 Å². The van der Waals surface area contributed by atoms with Crippen molar-refractivity contribution in [3.05, 3.63) is 82.2 Å². The Morgan fingerprint density at radius 3 is 2.52 bits per heavy atom. The molecule has 31 heavy (non-hydrogen) atoms. The van der Waals surface area contributed by atoms with Gasteiger partial charge in [-0.2, -0.15) is 5.10 Å². The van der Waals surface area contributed by atoms with Crippen LogP contribution in [-0.4, -0.2) is 20.7 Å². The maximum atomic E-state index is 13.3. The lowest BCUT2D eigenvalue weighted by Gasteiger charge is -2.12. The van der Waals surface area contributed by atoms with Crippen molar-refractivity contribution in [1.82, 2.24) is 20.1 Å². The molecule has 158 valence electrons. The van der Waals surface area contributed by atoms with Gasteiger partial charge in [-0.05, 0) is 70.0 Å². The van der Waals surface area contributed by atoms with Crippen LogP contribution >= 0.6 is 0 Å². The molecular formula is C26H28N4O. The van der Waals surface area contributed by atoms with E-state index in [2.05, 4.69) is 49.4 Å². The van der Waals surface area contributed by atoms with Crippen LogP contribution in [0.2, 0.25) is 0 Å². The molecule has 0 radical (unpaired) electrons. The lowest BCUT2D eigenvalue weighted by atomic mass is 9.99. The molecule has 1 N–H and O–H groups in total. The van der Waals surface area contributed by atoms with Crippen LogP contribution in [0.15, 0.2) is 48.7 Å². The second kappa shape index (κ2) is 8.34. The monoisotopic (exact) mass is 412 g/mol. The number of hydrogen-bond acceptors (Lipinski definition) is 3. The number of carbonyl (C=O) groups is 1. The van der Waals surface area contributed by atoms with Crippen molar-refractivity contribution in [2.45, 2.75) is 47.7 Å². The Morgan fingerprint density at radius 1 is 1.00 bits per heavy atom. The van der Waals surface area contributed by atoms with Crippen LogP contribution in [0.1, 0.15) is 45.2 Å². The van der Waals surface area contributed by atoms with E-state index in [1.807, 2.05) is 49.0 Å². The third kappa shape index (κ3) is 4.08. The van der Waals surface area contributed by atoms with E-state index in [9.17, 15) is 4.79 Å². The van der Waals surface area contributed by atoms with Gasteiger partial charge in [0.2, 0.25) is 0 Å². The van der Waals surface area contributed by atoms with Crippen molar-refractivity contribution in [1.29, 1.82) is 0 Å². The Kier molecular flexibility index (Phi) is 5.59. The Hall–Kier alpha value is -3.47. The van der Waals surface area contributed by atoms with Crippen LogP contribution in [0.4, 0.5) is 0 Å². The van der Waals surface area contributed by atoms with Gasteiger partial charge in [-0.15, -0.1) is 0 Å². The molecule has 0 saturated carbocycles. The van der Waals surface area contributed by atoms with Crippen LogP contribution in [0, 0.1) is 27.7 Å². The number of aromatic nitrogens is 3. The van der Waals surface area contributed by atoms with E-state index in [1.54, 1.807) is 0 Å². The molecule has 4 aromatic rings. The first-order valence-corrected chi connectivity index (χ1v) is 10.7. The molecule has 0 bridgehead atoms. The lowest BCUT2D eigenvalue weighted by Crippen LogP contribution is -2.23. The fraction of sp³-hybridized carbons (Fsp3) is 0.269. The van der Waals surface area contributed by atoms with Gasteiger partial charge in [0.05, 0.1) is 23.0 Å². The number of benzene rings is 2. The van der Waals surface area contributed by atoms with E-state index < -0.39 is 0 Å². The van der Waals surface area contributed by atoms with Crippen molar-refractivity contribution in [3.8, 4) is 11.3 Å². The minimum absolute atomic E-state index is 0.105. The first-order chi connectivity index (χ1) is 14.9. The van der Waals surface area contributed by atoms with Gasteiger partial charge in [-0.1, -0.05) is 23.8 Å². The summed E-state index contributed by atoms with van der Waals surface area (Å²) in [5.41, 5.74) is 8.93. The highest BCUT2D eigenvalue weighted by Crippen LogP contribution is 2.27. The van der Waals surface area contributed by atoms with Crippen molar-refractivity contribution < 1.29 is 4.79 Å². The molecule has 0 fully saturated rings. The molecule has 2 aromatic heterocycles. The Labute approximate surface area is 183 Å². The van der Waals surface area contributed by atoms with E-state index >= 15 is 0 Å². The average molecular weight is 413 g/mol. The summed E-state index contributed by atoms with van der Waals surface area (Å²) >= 11 is 0. The van der Waals surface area contributed by atoms with Gasteiger partial charge >= 0.3 is 0 Å². The summed E-state index contributed by atoms with van der Waals surface area (Å²) in [6.45, 7) is 11.6. The molecule has 0 atom stereocenters. The van der Waals surface area contributed by atoms with Gasteiger partial charge < -0.3 is 5.32 Å². The standard InChI is InChI=1S/C26H28N4O/c1-6-30-19(5)21(15-28-30)14-27-26(31)23-13-25(20-9-8-17(3)18(4)12-20)29-24-10-7-16(2)11-22(23)24/h7-13,15H,6,14H2,1-5H3,(H,27,31). The van der Waals surface area contributed by atoms with Crippen molar-refractivity contribution in [2.24, 2.45) is 0 Å². The average Bonchev–Trinajstić information content (AvgIpc) is 3.12. The molecular weight excluding hydrogens is 384 g/mol. The third-order valence-electron chi connectivity index (χ3n) is 5.96. The fourth-order valence-corrected chi connectivity index (χ4v) is 3.82. The number of carbonyl (C=O) groups excluding carboxylic acids is 1. The van der Waals surface area contributed by atoms with Gasteiger partial charge in [0.25, 0.3) is 5.91 Å². The molecule has 0 aliphatic rings. The molecule has 2 heterocycles. The lowest BCUT2D eigenvalue weighted by molar-refractivity contribution is 0.0952. The fourth-order valence-electron chi connectivity index (χ4n) is 3.82. The molecule has 5 heteroatoms. The molecule has 0 aliphatic heterocycles. The van der Waals surface area contributed by atoms with Crippen molar-refractivity contribution >= 4 is 16.8 Å². The first-order valence-electron chi connectivity index (χ1n) is 10.7. The number of aryl methyl sites for hydroxylation is 4. The summed E-state index contributed by atoms with van der Waals surface area (Å²) in [5, 5.41) is 8.32. The van der Waals surface area contributed by atoms with Gasteiger partial charge in [0.1, 0.15) is 0 Å². The van der Waals surface area contributed by atoms with Gasteiger partial charge in [-0.3, -0.25) is 9.48 Å². The van der Waals surface area contributed by atoms with Crippen LogP contribution in [0.25, 0.3) is 22.2 Å². The molecule has 4 rings (SSSR count). The summed E-state index contributed by atoms with van der Waals surface area (Å²) in [4.78, 5) is 18.1. The third-order valence-corrected chi connectivity index (χ3v) is 5.96. The summed E-state index contributed by atoms with van der Waals surface area (Å²) in [5.74, 6) is -0.105. The van der Waals surface area contributed by atoms with Gasteiger partial charge in [0.15, 0.2) is 0 Å². The molecule has 0 unspecified atom stereocenters. The summed E-state index contributed by atoms with van der Waals surface area (Å²) in [6.07, 6.45) is 1.83. The van der Waals surface area contributed by atoms with E-state index in [-0.39, 0.29) is 5.91 Å². The number of amides is 1. The zero-order chi connectivity index (χ0) is 22.1. The normalized spacial score (nSPS) is 11.1. The smallest absolute Gasteiger partial charge is 0.252 e. The topological polar surface area (TPSA) is 59.8 Å². The van der Waals surface area contributed by atoms with Crippen LogP contribution in [0.5, 0.6) is 0 Å². The number of fused-ring (bicyclic) bond motifs is 1. The number of pyridine rings is 1. The van der Waals surface area contributed by atoms with Crippen LogP contribution < -0.4 is 5.32 Å². The highest BCUT2D eigenvalue weighted by atomic mass is 16.1. The van der Waals surface area contributed by atoms with Crippen LogP contribution in [0.3, 0.4) is 0 Å². The van der Waals surface area contributed by atoms with Crippen LogP contribution in [-0.2, 0) is 13.1 Å². The van der Waals surface area contributed by atoms with E-state index in [0.29, 0.717) is 12.1 Å². The van der Waals surface area contributed by atoms with E-state index in [0.717, 1.165) is 45.5 Å². The number of hydrogen-bond donors (Lipinski definition) is 1. The summed E-state index contributed by atoms with van der Waals surface area (Å²) in [6, 6.07) is 14.2. The van der Waals surface area contributed by atoms with Gasteiger partial charge in [0, 0.05) is 35.3 Å². The highest BCUT2D eigenvalue weighted by Gasteiger charge is 2.15. The second-order valence-corrected chi connectivity index (χ2v) is 8.13.